The van der Waals surface area contributed by atoms with Gasteiger partial charge in [0, 0.05) is 37.7 Å². The minimum absolute atomic E-state index is 0.0320. The average molecular weight is 747 g/mol. The number of fused-ring (bicyclic) bond motifs is 9. The normalized spacial score (nSPS) is 15.4. The summed E-state index contributed by atoms with van der Waals surface area (Å²) in [4.78, 5) is 6.73. The number of aliphatic imine (C=N–C) groups is 1. The Morgan fingerprint density at radius 3 is 1.91 bits per heavy atom. The summed E-state index contributed by atoms with van der Waals surface area (Å²) in [6.45, 7) is 0. The molecule has 0 bridgehead atoms. The van der Waals surface area contributed by atoms with Crippen molar-refractivity contribution < 1.29 is 0 Å². The van der Waals surface area contributed by atoms with Crippen molar-refractivity contribution in [1.29, 1.82) is 0 Å². The van der Waals surface area contributed by atoms with Crippen LogP contribution in [0.5, 0.6) is 0 Å². The van der Waals surface area contributed by atoms with E-state index >= 15 is 0 Å². The van der Waals surface area contributed by atoms with Gasteiger partial charge in [-0.15, -0.1) is 0 Å². The summed E-state index contributed by atoms with van der Waals surface area (Å²) < 4.78 is 4.74. The molecule has 268 valence electrons. The van der Waals surface area contributed by atoms with Gasteiger partial charge in [0.2, 0.25) is 5.96 Å². The summed E-state index contributed by atoms with van der Waals surface area (Å²) in [5.74, 6) is 0.823. The molecular formula is C52H34N4S. The Morgan fingerprint density at radius 1 is 0.456 bits per heavy atom. The quantitative estimate of drug-likeness (QED) is 0.195. The first-order valence-corrected chi connectivity index (χ1v) is 20.3. The number of benzene rings is 8. The molecule has 4 nitrogen and oxygen atoms in total. The Balaban J connectivity index is 1.08. The third-order valence-electron chi connectivity index (χ3n) is 11.7. The van der Waals surface area contributed by atoms with Crippen LogP contribution in [0.4, 0.5) is 0 Å². The number of nitrogens with one attached hydrogen (secondary N) is 1. The third kappa shape index (κ3) is 4.99. The highest BCUT2D eigenvalue weighted by Crippen LogP contribution is 2.46. The Morgan fingerprint density at radius 2 is 1.09 bits per heavy atom. The van der Waals surface area contributed by atoms with E-state index in [1.807, 2.05) is 0 Å². The summed E-state index contributed by atoms with van der Waals surface area (Å²) >= 11 is 1.78. The first-order chi connectivity index (χ1) is 28.3. The van der Waals surface area contributed by atoms with Crippen LogP contribution in [0.1, 0.15) is 11.1 Å². The number of rotatable bonds is 4. The molecule has 0 fully saturated rings. The second-order valence-electron chi connectivity index (χ2n) is 14.8. The SMILES string of the molecule is C1=C(c2ccccc2)C2NC(n3c4ccc(-c5ccc6c7ccccc7n(-c7ccccc7)c6c5)cc4c4c5ccccc5ccc43)=NC(c3ccccc3)=C2S1. The van der Waals surface area contributed by atoms with Crippen LogP contribution in [0.15, 0.2) is 203 Å². The molecule has 57 heavy (non-hydrogen) atoms. The van der Waals surface area contributed by atoms with Crippen molar-refractivity contribution >= 4 is 83.4 Å². The van der Waals surface area contributed by atoms with Gasteiger partial charge in [-0.25, -0.2) is 4.99 Å². The van der Waals surface area contributed by atoms with Gasteiger partial charge in [-0.2, -0.15) is 0 Å². The molecule has 0 amide bonds. The smallest absolute Gasteiger partial charge is 0.209 e. The second-order valence-corrected chi connectivity index (χ2v) is 15.7. The van der Waals surface area contributed by atoms with E-state index in [2.05, 4.69) is 208 Å². The van der Waals surface area contributed by atoms with E-state index in [1.165, 1.54) is 70.5 Å². The Labute approximate surface area is 333 Å². The highest BCUT2D eigenvalue weighted by atomic mass is 32.2. The van der Waals surface area contributed by atoms with Gasteiger partial charge in [0.1, 0.15) is 0 Å². The molecule has 0 saturated heterocycles. The van der Waals surface area contributed by atoms with Gasteiger partial charge in [-0.05, 0) is 80.9 Å². The Kier molecular flexibility index (Phi) is 7.19. The highest BCUT2D eigenvalue weighted by molar-refractivity contribution is 8.06. The van der Waals surface area contributed by atoms with E-state index in [0.717, 1.165) is 33.9 Å². The van der Waals surface area contributed by atoms with Crippen molar-refractivity contribution in [2.24, 2.45) is 4.99 Å². The standard InChI is InChI=1S/C52H34N4S/c1-4-14-33(15-5-1)43-32-57-51-49(35-17-6-2-7-18-35)53-52(54-50(43)51)56-45-28-26-36(30-42(45)48-39-21-11-10-16-34(39)25-29-46(48)56)37-24-27-41-40-22-12-13-23-44(40)55(47(41)31-37)38-19-8-3-9-20-38/h1-32,50H,(H,53,54). The predicted octanol–water partition coefficient (Wildman–Crippen LogP) is 13.0. The summed E-state index contributed by atoms with van der Waals surface area (Å²) in [5.41, 5.74) is 12.7. The fraction of sp³-hybridized carbons (Fsp3) is 0.0192. The number of para-hydroxylation sites is 2. The zero-order valence-electron chi connectivity index (χ0n) is 30.8. The van der Waals surface area contributed by atoms with E-state index < -0.39 is 0 Å². The topological polar surface area (TPSA) is 34.2 Å². The van der Waals surface area contributed by atoms with Crippen LogP contribution in [-0.4, -0.2) is 21.1 Å². The van der Waals surface area contributed by atoms with Crippen molar-refractivity contribution in [2.75, 3.05) is 0 Å². The van der Waals surface area contributed by atoms with E-state index in [-0.39, 0.29) is 6.04 Å². The van der Waals surface area contributed by atoms with Crippen molar-refractivity contribution in [1.82, 2.24) is 14.5 Å². The van der Waals surface area contributed by atoms with Gasteiger partial charge in [0.15, 0.2) is 0 Å². The van der Waals surface area contributed by atoms with Crippen LogP contribution in [0.3, 0.4) is 0 Å². The summed E-state index contributed by atoms with van der Waals surface area (Å²) in [6.07, 6.45) is 0. The predicted molar refractivity (Wildman–Crippen MR) is 242 cm³/mol. The van der Waals surface area contributed by atoms with Gasteiger partial charge < -0.3 is 9.88 Å². The molecule has 1 unspecified atom stereocenters. The lowest BCUT2D eigenvalue weighted by Gasteiger charge is -2.28. The lowest BCUT2D eigenvalue weighted by atomic mass is 9.97. The van der Waals surface area contributed by atoms with E-state index in [0.29, 0.717) is 0 Å². The van der Waals surface area contributed by atoms with E-state index in [4.69, 9.17) is 4.99 Å². The van der Waals surface area contributed by atoms with Gasteiger partial charge in [0.25, 0.3) is 0 Å². The second kappa shape index (κ2) is 12.7. The minimum atomic E-state index is -0.0320. The lowest BCUT2D eigenvalue weighted by Crippen LogP contribution is -2.41. The number of hydrogen-bond donors (Lipinski definition) is 1. The third-order valence-corrected chi connectivity index (χ3v) is 12.7. The fourth-order valence-electron chi connectivity index (χ4n) is 9.05. The number of nitrogens with zero attached hydrogens (tertiary/aromatic N) is 3. The van der Waals surface area contributed by atoms with Crippen molar-refractivity contribution in [3.63, 3.8) is 0 Å². The van der Waals surface area contributed by atoms with Crippen molar-refractivity contribution in [2.45, 2.75) is 6.04 Å². The molecule has 1 atom stereocenters. The molecule has 2 aliphatic rings. The first-order valence-electron chi connectivity index (χ1n) is 19.4. The lowest BCUT2D eigenvalue weighted by molar-refractivity contribution is 0.848. The molecule has 1 N–H and O–H groups in total. The molecule has 8 aromatic carbocycles. The van der Waals surface area contributed by atoms with Crippen molar-refractivity contribution in [3.8, 4) is 16.8 Å². The number of hydrogen-bond acceptors (Lipinski definition) is 3. The molecule has 0 radical (unpaired) electrons. The number of thioether (sulfide) groups is 1. The fourth-order valence-corrected chi connectivity index (χ4v) is 10.2. The zero-order chi connectivity index (χ0) is 37.5. The summed E-state index contributed by atoms with van der Waals surface area (Å²) in [6, 6.07) is 67.9. The highest BCUT2D eigenvalue weighted by Gasteiger charge is 2.35. The number of aromatic nitrogens is 2. The largest absolute Gasteiger partial charge is 0.344 e. The van der Waals surface area contributed by atoms with E-state index in [9.17, 15) is 0 Å². The molecular weight excluding hydrogens is 713 g/mol. The zero-order valence-corrected chi connectivity index (χ0v) is 31.6. The summed E-state index contributed by atoms with van der Waals surface area (Å²) in [5, 5.41) is 13.6. The van der Waals surface area contributed by atoms with E-state index in [1.54, 1.807) is 11.8 Å². The van der Waals surface area contributed by atoms with Crippen LogP contribution in [-0.2, 0) is 0 Å². The first kappa shape index (κ1) is 32.2. The molecule has 0 saturated carbocycles. The van der Waals surface area contributed by atoms with Crippen LogP contribution in [0, 0.1) is 0 Å². The minimum Gasteiger partial charge on any atom is -0.344 e. The van der Waals surface area contributed by atoms with Crippen LogP contribution in [0.25, 0.3) is 82.5 Å². The Bertz CT molecular complexity index is 3330. The monoisotopic (exact) mass is 746 g/mol. The molecule has 10 aromatic rings. The van der Waals surface area contributed by atoms with Gasteiger partial charge in [-0.1, -0.05) is 157 Å². The van der Waals surface area contributed by atoms with Gasteiger partial charge in [-0.3, -0.25) is 4.57 Å². The van der Waals surface area contributed by atoms with Crippen LogP contribution >= 0.6 is 11.8 Å². The Hall–Kier alpha value is -7.08. The van der Waals surface area contributed by atoms with Crippen LogP contribution < -0.4 is 5.32 Å². The molecule has 4 heterocycles. The maximum absolute atomic E-state index is 5.51. The molecule has 0 spiro atoms. The molecule has 2 aromatic heterocycles. The van der Waals surface area contributed by atoms with Gasteiger partial charge in [0.05, 0.1) is 33.8 Å². The molecule has 5 heteroatoms. The van der Waals surface area contributed by atoms with Crippen molar-refractivity contribution in [3.05, 3.63) is 209 Å². The van der Waals surface area contributed by atoms with Crippen LogP contribution in [0.2, 0.25) is 0 Å². The average Bonchev–Trinajstić information content (AvgIpc) is 3.97. The molecule has 12 rings (SSSR count). The molecule has 2 aliphatic heterocycles. The van der Waals surface area contributed by atoms with Gasteiger partial charge >= 0.3 is 0 Å². The molecule has 0 aliphatic carbocycles. The summed E-state index contributed by atoms with van der Waals surface area (Å²) in [7, 11) is 0. The maximum atomic E-state index is 5.51. The maximum Gasteiger partial charge on any atom is 0.209 e.